The molecule has 112 valence electrons. The van der Waals surface area contributed by atoms with Gasteiger partial charge in [-0.1, -0.05) is 54.6 Å². The monoisotopic (exact) mass is 332 g/mol. The SMILES string of the molecule is CCCC1CCC(C(=O)O)C(Sc2nnc(SC)s2)C1. The normalized spacial score (nSPS) is 26.6. The van der Waals surface area contributed by atoms with Gasteiger partial charge in [0.25, 0.3) is 0 Å². The van der Waals surface area contributed by atoms with Gasteiger partial charge >= 0.3 is 5.97 Å². The summed E-state index contributed by atoms with van der Waals surface area (Å²) in [5, 5.41) is 17.8. The van der Waals surface area contributed by atoms with Crippen LogP contribution in [0.15, 0.2) is 8.68 Å². The molecule has 1 heterocycles. The predicted molar refractivity (Wildman–Crippen MR) is 84.7 cm³/mol. The van der Waals surface area contributed by atoms with Gasteiger partial charge in [-0.15, -0.1) is 10.2 Å². The van der Waals surface area contributed by atoms with E-state index in [0.29, 0.717) is 5.92 Å². The molecule has 7 heteroatoms. The van der Waals surface area contributed by atoms with Crippen LogP contribution in [0.5, 0.6) is 0 Å². The molecule has 1 aliphatic rings. The van der Waals surface area contributed by atoms with Crippen molar-refractivity contribution in [1.29, 1.82) is 0 Å². The van der Waals surface area contributed by atoms with Crippen molar-refractivity contribution in [2.75, 3.05) is 6.26 Å². The van der Waals surface area contributed by atoms with Gasteiger partial charge in [0.15, 0.2) is 8.68 Å². The van der Waals surface area contributed by atoms with Gasteiger partial charge in [0.1, 0.15) is 0 Å². The van der Waals surface area contributed by atoms with E-state index >= 15 is 0 Å². The van der Waals surface area contributed by atoms with E-state index in [9.17, 15) is 9.90 Å². The molecule has 1 fully saturated rings. The molecule has 0 aromatic carbocycles. The quantitative estimate of drug-likeness (QED) is 0.794. The lowest BCUT2D eigenvalue weighted by atomic mass is 9.80. The Hall–Kier alpha value is -0.270. The number of hydrogen-bond acceptors (Lipinski definition) is 6. The molecule has 0 bridgehead atoms. The van der Waals surface area contributed by atoms with E-state index in [1.54, 1.807) is 34.9 Å². The highest BCUT2D eigenvalue weighted by Gasteiger charge is 2.36. The zero-order valence-electron chi connectivity index (χ0n) is 11.7. The lowest BCUT2D eigenvalue weighted by Crippen LogP contribution is -2.32. The molecule has 1 N–H and O–H groups in total. The summed E-state index contributed by atoms with van der Waals surface area (Å²) >= 11 is 4.77. The summed E-state index contributed by atoms with van der Waals surface area (Å²) in [5.41, 5.74) is 0. The number of aromatic nitrogens is 2. The van der Waals surface area contributed by atoms with Crippen LogP contribution < -0.4 is 0 Å². The standard InChI is InChI=1S/C13H20N2O2S3/c1-3-4-8-5-6-9(11(16)17)10(7-8)19-13-15-14-12(18-2)20-13/h8-10H,3-7H2,1-2H3,(H,16,17). The second kappa shape index (κ2) is 7.66. The highest BCUT2D eigenvalue weighted by atomic mass is 32.2. The fourth-order valence-electron chi connectivity index (χ4n) is 2.75. The van der Waals surface area contributed by atoms with E-state index in [-0.39, 0.29) is 11.2 Å². The number of carboxylic acids is 1. The molecule has 0 saturated heterocycles. The summed E-state index contributed by atoms with van der Waals surface area (Å²) in [6, 6.07) is 0. The lowest BCUT2D eigenvalue weighted by Gasteiger charge is -2.32. The van der Waals surface area contributed by atoms with E-state index in [1.807, 2.05) is 6.26 Å². The van der Waals surface area contributed by atoms with Crippen LogP contribution in [0.2, 0.25) is 0 Å². The van der Waals surface area contributed by atoms with Crippen molar-refractivity contribution in [2.24, 2.45) is 11.8 Å². The molecule has 20 heavy (non-hydrogen) atoms. The van der Waals surface area contributed by atoms with Crippen molar-refractivity contribution in [1.82, 2.24) is 10.2 Å². The average Bonchev–Trinajstić information content (AvgIpc) is 2.87. The van der Waals surface area contributed by atoms with E-state index < -0.39 is 5.97 Å². The van der Waals surface area contributed by atoms with Crippen molar-refractivity contribution in [3.05, 3.63) is 0 Å². The highest BCUT2D eigenvalue weighted by Crippen LogP contribution is 2.42. The summed E-state index contributed by atoms with van der Waals surface area (Å²) < 4.78 is 1.85. The molecule has 0 aliphatic heterocycles. The van der Waals surface area contributed by atoms with Gasteiger partial charge in [-0.05, 0) is 31.4 Å². The van der Waals surface area contributed by atoms with Crippen LogP contribution in [0.1, 0.15) is 39.0 Å². The molecule has 3 unspecified atom stereocenters. The fourth-order valence-corrected chi connectivity index (χ4v) is 5.85. The maximum Gasteiger partial charge on any atom is 0.307 e. The van der Waals surface area contributed by atoms with Crippen molar-refractivity contribution < 1.29 is 9.90 Å². The Balaban J connectivity index is 2.04. The second-order valence-electron chi connectivity index (χ2n) is 5.11. The topological polar surface area (TPSA) is 63.1 Å². The van der Waals surface area contributed by atoms with Crippen LogP contribution in [-0.4, -0.2) is 32.8 Å². The van der Waals surface area contributed by atoms with Crippen LogP contribution in [0.3, 0.4) is 0 Å². The molecule has 1 aromatic heterocycles. The number of carboxylic acid groups (broad SMARTS) is 1. The third-order valence-corrected chi connectivity index (χ3v) is 7.07. The van der Waals surface area contributed by atoms with Crippen molar-refractivity contribution in [3.8, 4) is 0 Å². The molecule has 4 nitrogen and oxygen atoms in total. The lowest BCUT2D eigenvalue weighted by molar-refractivity contribution is -0.142. The van der Waals surface area contributed by atoms with Crippen LogP contribution in [0.4, 0.5) is 0 Å². The van der Waals surface area contributed by atoms with E-state index in [4.69, 9.17) is 0 Å². The molecule has 3 atom stereocenters. The third-order valence-electron chi connectivity index (χ3n) is 3.73. The highest BCUT2D eigenvalue weighted by molar-refractivity contribution is 8.03. The number of carbonyl (C=O) groups is 1. The smallest absolute Gasteiger partial charge is 0.307 e. The summed E-state index contributed by atoms with van der Waals surface area (Å²) in [6.07, 6.45) is 7.20. The second-order valence-corrected chi connectivity index (χ2v) is 8.62. The van der Waals surface area contributed by atoms with E-state index in [1.165, 1.54) is 12.8 Å². The Labute approximate surface area is 132 Å². The number of nitrogens with zero attached hydrogens (tertiary/aromatic N) is 2. The molecule has 0 amide bonds. The first-order valence-corrected chi connectivity index (χ1v) is 9.83. The molecular formula is C13H20N2O2S3. The van der Waals surface area contributed by atoms with Crippen LogP contribution in [0.25, 0.3) is 0 Å². The fraction of sp³-hybridized carbons (Fsp3) is 0.769. The minimum absolute atomic E-state index is 0.139. The average molecular weight is 333 g/mol. The summed E-state index contributed by atoms with van der Waals surface area (Å²) in [7, 11) is 0. The van der Waals surface area contributed by atoms with Crippen LogP contribution >= 0.6 is 34.9 Å². The molecular weight excluding hydrogens is 312 g/mol. The predicted octanol–water partition coefficient (Wildman–Crippen LogP) is 4.02. The Bertz CT molecular complexity index is 453. The Morgan fingerprint density at radius 3 is 2.75 bits per heavy atom. The van der Waals surface area contributed by atoms with Gasteiger partial charge in [-0.2, -0.15) is 0 Å². The Morgan fingerprint density at radius 1 is 1.40 bits per heavy atom. The number of aliphatic carboxylic acids is 1. The molecule has 1 aliphatic carbocycles. The zero-order valence-corrected chi connectivity index (χ0v) is 14.2. The van der Waals surface area contributed by atoms with Crippen molar-refractivity contribution in [3.63, 3.8) is 0 Å². The number of thioether (sulfide) groups is 2. The molecule has 1 aromatic rings. The largest absolute Gasteiger partial charge is 0.481 e. The van der Waals surface area contributed by atoms with Gasteiger partial charge in [0, 0.05) is 5.25 Å². The van der Waals surface area contributed by atoms with Crippen molar-refractivity contribution in [2.45, 2.75) is 53.0 Å². The summed E-state index contributed by atoms with van der Waals surface area (Å²) in [6.45, 7) is 2.20. The summed E-state index contributed by atoms with van der Waals surface area (Å²) in [5.74, 6) is -0.233. The van der Waals surface area contributed by atoms with Gasteiger partial charge in [0.2, 0.25) is 0 Å². The van der Waals surface area contributed by atoms with Gasteiger partial charge in [-0.25, -0.2) is 0 Å². The van der Waals surface area contributed by atoms with E-state index in [2.05, 4.69) is 17.1 Å². The van der Waals surface area contributed by atoms with Crippen molar-refractivity contribution >= 4 is 40.8 Å². The molecule has 0 radical (unpaired) electrons. The maximum absolute atomic E-state index is 11.4. The zero-order chi connectivity index (χ0) is 14.5. The Kier molecular flexibility index (Phi) is 6.17. The van der Waals surface area contributed by atoms with Crippen LogP contribution in [-0.2, 0) is 4.79 Å². The molecule has 2 rings (SSSR count). The maximum atomic E-state index is 11.4. The molecule has 0 spiro atoms. The van der Waals surface area contributed by atoms with Gasteiger partial charge in [0.05, 0.1) is 5.92 Å². The first-order chi connectivity index (χ1) is 9.63. The third kappa shape index (κ3) is 4.11. The van der Waals surface area contributed by atoms with Gasteiger partial charge in [-0.3, -0.25) is 4.79 Å². The first kappa shape index (κ1) is 16.1. The van der Waals surface area contributed by atoms with Crippen LogP contribution in [0, 0.1) is 11.8 Å². The minimum atomic E-state index is -0.660. The van der Waals surface area contributed by atoms with Gasteiger partial charge < -0.3 is 5.11 Å². The minimum Gasteiger partial charge on any atom is -0.481 e. The van der Waals surface area contributed by atoms with E-state index in [0.717, 1.165) is 27.9 Å². The number of hydrogen-bond donors (Lipinski definition) is 1. The summed E-state index contributed by atoms with van der Waals surface area (Å²) in [4.78, 5) is 11.4. The molecule has 1 saturated carbocycles. The Morgan fingerprint density at radius 2 is 2.15 bits per heavy atom. The number of rotatable bonds is 6. The first-order valence-electron chi connectivity index (χ1n) is 6.91.